The van der Waals surface area contributed by atoms with Crippen LogP contribution in [0.1, 0.15) is 82.0 Å². The Hall–Kier alpha value is -9.04. The molecule has 12 aromatic rings. The van der Waals surface area contributed by atoms with E-state index in [-0.39, 0.29) is 24.3 Å². The molecule has 480 valence electrons. The molecule has 2 aliphatic heterocycles. The van der Waals surface area contributed by atoms with Crippen LogP contribution in [0.25, 0.3) is 78.0 Å². The molecular weight excluding hydrogens is 1330 g/mol. The number of likely N-dealkylation sites (N-methyl/N-ethyl adjacent to an activating group) is 1. The van der Waals surface area contributed by atoms with Crippen LogP contribution in [-0.4, -0.2) is 110 Å². The Balaban J connectivity index is 0.000000131. The van der Waals surface area contributed by atoms with E-state index in [4.69, 9.17) is 37.0 Å². The number of ether oxygens (including phenoxy) is 1. The van der Waals surface area contributed by atoms with E-state index in [1.807, 2.05) is 97.1 Å². The fourth-order valence-corrected chi connectivity index (χ4v) is 13.4. The molecule has 0 atom stereocenters. The first-order chi connectivity index (χ1) is 45.2. The third kappa shape index (κ3) is 14.2. The molecule has 9 N–H and O–H groups in total. The van der Waals surface area contributed by atoms with Crippen LogP contribution in [0.5, 0.6) is 0 Å². The highest BCUT2D eigenvalue weighted by Gasteiger charge is 2.51. The SMILES string of the molecule is CC1(C)OB(c2ccc(-c3cc4nccc(N)n4n3)cc2)OC1(C)C.COC(=O)c1sc(-c2ccc(-c3cc4nccc(N)n4n3)cc2)cc1C1=C(C2CCC(C)CC2)CN(C)CC1.Nc1cc(-c2ccc(Br)cc2)[nH]n1.Nc1ccnc2cc(-c3ccc(Br)cc3)nn12. The summed E-state index contributed by atoms with van der Waals surface area (Å²) >= 11 is 8.31. The Morgan fingerprint density at radius 3 is 1.51 bits per heavy atom. The molecule has 0 amide bonds. The summed E-state index contributed by atoms with van der Waals surface area (Å²) in [5.74, 6) is 3.36. The number of esters is 1. The van der Waals surface area contributed by atoms with Crippen LogP contribution in [0.15, 0.2) is 179 Å². The van der Waals surface area contributed by atoms with Crippen molar-refractivity contribution < 1.29 is 18.8 Å². The lowest BCUT2D eigenvalue weighted by atomic mass is 9.75. The van der Waals surface area contributed by atoms with E-state index in [0.717, 1.165) is 112 Å². The number of thiophene rings is 1. The number of anilines is 4. The molecule has 94 heavy (non-hydrogen) atoms. The topological polar surface area (TPSA) is 271 Å². The van der Waals surface area contributed by atoms with Crippen LogP contribution >= 0.6 is 43.2 Å². The number of rotatable bonds is 9. The summed E-state index contributed by atoms with van der Waals surface area (Å²) in [6.07, 6.45) is 11.0. The Morgan fingerprint density at radius 2 is 1.06 bits per heavy atom. The van der Waals surface area contributed by atoms with Crippen LogP contribution < -0.4 is 28.4 Å². The Labute approximate surface area is 566 Å². The van der Waals surface area contributed by atoms with Crippen LogP contribution in [0, 0.1) is 11.8 Å². The maximum Gasteiger partial charge on any atom is 0.494 e. The maximum atomic E-state index is 13.0. The minimum absolute atomic E-state index is 0.254. The van der Waals surface area contributed by atoms with E-state index in [1.165, 1.54) is 55.3 Å². The molecule has 15 rings (SSSR count). The molecule has 24 heteroatoms. The van der Waals surface area contributed by atoms with Gasteiger partial charge in [0.1, 0.15) is 28.1 Å². The van der Waals surface area contributed by atoms with Crippen molar-refractivity contribution in [2.45, 2.75) is 77.9 Å². The lowest BCUT2D eigenvalue weighted by Gasteiger charge is -2.35. The third-order valence-corrected chi connectivity index (χ3v) is 20.0. The number of carbonyl (C=O) groups is 1. The van der Waals surface area contributed by atoms with Gasteiger partial charge >= 0.3 is 13.1 Å². The number of fused-ring (bicyclic) bond motifs is 3. The van der Waals surface area contributed by atoms with Gasteiger partial charge in [0, 0.05) is 92.0 Å². The molecule has 3 aliphatic rings. The number of carbonyl (C=O) groups excluding carboxylic acids is 1. The van der Waals surface area contributed by atoms with Gasteiger partial charge in [0.05, 0.1) is 41.1 Å². The number of nitrogens with zero attached hydrogens (tertiary/aromatic N) is 11. The fourth-order valence-electron chi connectivity index (χ4n) is 11.7. The van der Waals surface area contributed by atoms with Crippen LogP contribution in [0.3, 0.4) is 0 Å². The highest BCUT2D eigenvalue weighted by Crippen LogP contribution is 2.44. The Morgan fingerprint density at radius 1 is 0.617 bits per heavy atom. The van der Waals surface area contributed by atoms with E-state index in [1.54, 1.807) is 50.3 Å². The molecular formula is C70H73BBr2N16O4S. The average Bonchev–Trinajstić information content (AvgIpc) is 1.64. The van der Waals surface area contributed by atoms with Crippen LogP contribution in [0.4, 0.5) is 23.3 Å². The van der Waals surface area contributed by atoms with Gasteiger partial charge in [0.25, 0.3) is 0 Å². The second-order valence-electron chi connectivity index (χ2n) is 24.8. The van der Waals surface area contributed by atoms with Gasteiger partial charge in [-0.2, -0.15) is 33.9 Å². The minimum atomic E-state index is -0.363. The van der Waals surface area contributed by atoms with Gasteiger partial charge in [0.15, 0.2) is 16.9 Å². The highest BCUT2D eigenvalue weighted by molar-refractivity contribution is 9.10. The monoisotopic (exact) mass is 1400 g/mol. The molecule has 1 saturated carbocycles. The zero-order chi connectivity index (χ0) is 66.0. The molecule has 4 aromatic carbocycles. The zero-order valence-corrected chi connectivity index (χ0v) is 57.3. The predicted molar refractivity (Wildman–Crippen MR) is 383 cm³/mol. The summed E-state index contributed by atoms with van der Waals surface area (Å²) in [6.45, 7) is 12.6. The van der Waals surface area contributed by atoms with Crippen molar-refractivity contribution in [1.82, 2.24) is 58.9 Å². The number of nitrogen functional groups attached to an aromatic ring is 4. The van der Waals surface area contributed by atoms with Crippen LogP contribution in [0.2, 0.25) is 0 Å². The molecule has 8 aromatic heterocycles. The van der Waals surface area contributed by atoms with Crippen molar-refractivity contribution in [2.24, 2.45) is 11.8 Å². The zero-order valence-electron chi connectivity index (χ0n) is 53.3. The standard InChI is InChI=1S/C31H35N5O2S.C18H21BN4O2.C12H9BrN4.C9H8BrN3/c1-19-4-6-20(7-5-19)25-18-35(2)15-13-23(25)24-16-27(39-30(24)31(37)38-3)22-10-8-21(9-11-22)26-17-29-33-14-12-28(32)36(29)34-26;1-17(2)18(3,4)25-19(24-17)13-7-5-12(6-8-13)14-11-16-21-10-9-15(20)23(16)22-14;13-9-3-1-8(2-4-9)10-7-12-15-6-5-11(14)17(12)16-10;10-7-3-1-6(2-4-7)8-5-9(11)13-12-8/h8-12,14,16-17,19-20H,4-7,13,15,18,32H2,1-3H3;5-11H,20H2,1-4H3;1-7H,14H2;1-5H,(H3,11,12,13). The first kappa shape index (κ1) is 65.0. The number of H-pyrrole nitrogens is 1. The van der Waals surface area contributed by atoms with Crippen molar-refractivity contribution >= 4 is 108 Å². The average molecular weight is 1410 g/mol. The molecule has 0 unspecified atom stereocenters. The molecule has 0 radical (unpaired) electrons. The van der Waals surface area contributed by atoms with Crippen molar-refractivity contribution in [3.8, 4) is 55.5 Å². The van der Waals surface area contributed by atoms with Gasteiger partial charge in [-0.25, -0.2) is 19.7 Å². The van der Waals surface area contributed by atoms with Crippen molar-refractivity contribution in [3.63, 3.8) is 0 Å². The molecule has 20 nitrogen and oxygen atoms in total. The maximum absolute atomic E-state index is 13.0. The number of benzene rings is 4. The number of methoxy groups -OCH3 is 1. The molecule has 1 aliphatic carbocycles. The minimum Gasteiger partial charge on any atom is -0.465 e. The normalized spacial score (nSPS) is 16.9. The lowest BCUT2D eigenvalue weighted by molar-refractivity contribution is 0.00578. The summed E-state index contributed by atoms with van der Waals surface area (Å²) in [5.41, 5.74) is 38.4. The van der Waals surface area contributed by atoms with Crippen molar-refractivity contribution in [3.05, 3.63) is 189 Å². The van der Waals surface area contributed by atoms with Gasteiger partial charge < -0.3 is 41.9 Å². The Bertz CT molecular complexity index is 4670. The number of aromatic nitrogens is 11. The van der Waals surface area contributed by atoms with Gasteiger partial charge in [-0.05, 0) is 142 Å². The van der Waals surface area contributed by atoms with E-state index < -0.39 is 0 Å². The fraction of sp³-hybridized carbons (Fsp3) is 0.257. The van der Waals surface area contributed by atoms with E-state index in [2.05, 4.69) is 149 Å². The summed E-state index contributed by atoms with van der Waals surface area (Å²) in [4.78, 5) is 30.0. The number of hydrogen-bond acceptors (Lipinski definition) is 17. The summed E-state index contributed by atoms with van der Waals surface area (Å²) in [5, 5.41) is 20.3. The van der Waals surface area contributed by atoms with Gasteiger partial charge in [-0.3, -0.25) is 5.10 Å². The van der Waals surface area contributed by atoms with Crippen molar-refractivity contribution in [1.29, 1.82) is 0 Å². The summed E-state index contributed by atoms with van der Waals surface area (Å²) < 4.78 is 24.5. The van der Waals surface area contributed by atoms with Gasteiger partial charge in [-0.15, -0.1) is 11.3 Å². The number of nitrogens with two attached hydrogens (primary N) is 4. The second kappa shape index (κ2) is 27.5. The van der Waals surface area contributed by atoms with Crippen molar-refractivity contribution in [2.75, 3.05) is 50.2 Å². The predicted octanol–water partition coefficient (Wildman–Crippen LogP) is 13.8. The second-order valence-corrected chi connectivity index (χ2v) is 27.7. The number of nitrogens with one attached hydrogen (secondary N) is 1. The van der Waals surface area contributed by atoms with E-state index >= 15 is 0 Å². The molecule has 0 bridgehead atoms. The summed E-state index contributed by atoms with van der Waals surface area (Å²) in [7, 11) is 3.32. The molecule has 1 saturated heterocycles. The van der Waals surface area contributed by atoms with Gasteiger partial charge in [0.2, 0.25) is 0 Å². The first-order valence-corrected chi connectivity index (χ1v) is 33.4. The lowest BCUT2D eigenvalue weighted by Crippen LogP contribution is -2.41. The molecule has 10 heterocycles. The number of aromatic amines is 1. The smallest absolute Gasteiger partial charge is 0.465 e. The molecule has 0 spiro atoms. The van der Waals surface area contributed by atoms with Crippen LogP contribution in [-0.2, 0) is 14.0 Å². The quantitative estimate of drug-likeness (QED) is 0.0664. The highest BCUT2D eigenvalue weighted by atomic mass is 79.9. The van der Waals surface area contributed by atoms with Gasteiger partial charge in [-0.1, -0.05) is 124 Å². The first-order valence-electron chi connectivity index (χ1n) is 31.0. The Kier molecular flexibility index (Phi) is 19.0. The van der Waals surface area contributed by atoms with E-state index in [9.17, 15) is 4.79 Å². The number of hydrogen-bond donors (Lipinski definition) is 5. The summed E-state index contributed by atoms with van der Waals surface area (Å²) in [6, 6.07) is 47.3. The number of halogens is 2. The largest absolute Gasteiger partial charge is 0.494 e. The molecule has 2 fully saturated rings. The third-order valence-electron chi connectivity index (χ3n) is 17.8. The van der Waals surface area contributed by atoms with E-state index in [0.29, 0.717) is 39.7 Å².